The van der Waals surface area contributed by atoms with Crippen molar-refractivity contribution in [2.24, 2.45) is 0 Å². The van der Waals surface area contributed by atoms with Crippen molar-refractivity contribution in [3.8, 4) is 0 Å². The number of aryl methyl sites for hydroxylation is 1. The zero-order valence-corrected chi connectivity index (χ0v) is 13.2. The van der Waals surface area contributed by atoms with Gasteiger partial charge >= 0.3 is 0 Å². The Kier molecular flexibility index (Phi) is 4.88. The van der Waals surface area contributed by atoms with Gasteiger partial charge in [-0.2, -0.15) is 0 Å². The molecule has 6 heteroatoms. The van der Waals surface area contributed by atoms with Crippen molar-refractivity contribution in [1.29, 1.82) is 0 Å². The summed E-state index contributed by atoms with van der Waals surface area (Å²) in [7, 11) is -3.57. The lowest BCUT2D eigenvalue weighted by Gasteiger charge is -2.08. The second-order valence-electron chi connectivity index (χ2n) is 4.82. The Morgan fingerprint density at radius 1 is 1.19 bits per heavy atom. The maximum Gasteiger partial charge on any atom is 0.240 e. The van der Waals surface area contributed by atoms with Gasteiger partial charge in [-0.15, -0.1) is 0 Å². The Morgan fingerprint density at radius 2 is 1.95 bits per heavy atom. The van der Waals surface area contributed by atoms with Gasteiger partial charge < -0.3 is 5.73 Å². The van der Waals surface area contributed by atoms with Crippen molar-refractivity contribution in [3.05, 3.63) is 58.6 Å². The van der Waals surface area contributed by atoms with E-state index in [2.05, 4.69) is 4.72 Å². The second-order valence-corrected chi connectivity index (χ2v) is 6.99. The molecular formula is C15H17ClN2O2S. The number of rotatable bonds is 5. The molecule has 4 nitrogen and oxygen atoms in total. The molecule has 2 rings (SSSR count). The van der Waals surface area contributed by atoms with E-state index in [9.17, 15) is 8.42 Å². The molecule has 21 heavy (non-hydrogen) atoms. The van der Waals surface area contributed by atoms with Crippen LogP contribution in [0.25, 0.3) is 0 Å². The molecule has 0 aromatic heterocycles. The summed E-state index contributed by atoms with van der Waals surface area (Å²) in [5.41, 5.74) is 8.12. The highest BCUT2D eigenvalue weighted by atomic mass is 35.5. The Bertz CT molecular complexity index is 745. The monoisotopic (exact) mass is 324 g/mol. The molecule has 0 heterocycles. The Morgan fingerprint density at radius 3 is 2.62 bits per heavy atom. The molecule has 0 aliphatic heterocycles. The van der Waals surface area contributed by atoms with Crippen LogP contribution >= 0.6 is 11.6 Å². The van der Waals surface area contributed by atoms with E-state index < -0.39 is 10.0 Å². The minimum Gasteiger partial charge on any atom is -0.397 e. The van der Waals surface area contributed by atoms with Crippen LogP contribution in [0.1, 0.15) is 11.1 Å². The van der Waals surface area contributed by atoms with E-state index in [1.807, 2.05) is 31.2 Å². The van der Waals surface area contributed by atoms with Gasteiger partial charge in [-0.25, -0.2) is 13.1 Å². The number of nitrogen functional groups attached to an aromatic ring is 1. The van der Waals surface area contributed by atoms with Crippen molar-refractivity contribution in [2.45, 2.75) is 18.2 Å². The van der Waals surface area contributed by atoms with Crippen LogP contribution in [0.2, 0.25) is 5.02 Å². The first-order valence-electron chi connectivity index (χ1n) is 6.49. The summed E-state index contributed by atoms with van der Waals surface area (Å²) in [6, 6.07) is 12.2. The highest BCUT2D eigenvalue weighted by Crippen LogP contribution is 2.22. The van der Waals surface area contributed by atoms with Gasteiger partial charge in [0.15, 0.2) is 0 Å². The summed E-state index contributed by atoms with van der Waals surface area (Å²) in [6.45, 7) is 2.33. The zero-order chi connectivity index (χ0) is 15.5. The highest BCUT2D eigenvalue weighted by molar-refractivity contribution is 7.89. The number of halogens is 1. The molecule has 0 saturated carbocycles. The Labute approximate surface area is 130 Å². The summed E-state index contributed by atoms with van der Waals surface area (Å²) in [5.74, 6) is 0. The third-order valence-corrected chi connectivity index (χ3v) is 4.87. The maximum atomic E-state index is 12.1. The lowest BCUT2D eigenvalue weighted by molar-refractivity contribution is 0.581. The topological polar surface area (TPSA) is 72.2 Å². The lowest BCUT2D eigenvalue weighted by atomic mass is 10.1. The fourth-order valence-corrected chi connectivity index (χ4v) is 3.15. The quantitative estimate of drug-likeness (QED) is 0.831. The normalized spacial score (nSPS) is 11.5. The van der Waals surface area contributed by atoms with Gasteiger partial charge in [0, 0.05) is 6.54 Å². The molecule has 3 N–H and O–H groups in total. The molecule has 2 aromatic rings. The summed E-state index contributed by atoms with van der Waals surface area (Å²) in [6.07, 6.45) is 0.629. The van der Waals surface area contributed by atoms with Crippen LogP contribution in [0, 0.1) is 6.92 Å². The Balaban J connectivity index is 2.03. The van der Waals surface area contributed by atoms with E-state index in [4.69, 9.17) is 17.3 Å². The van der Waals surface area contributed by atoms with Gasteiger partial charge in [-0.1, -0.05) is 41.4 Å². The smallest absolute Gasteiger partial charge is 0.240 e. The molecule has 0 fully saturated rings. The fraction of sp³-hybridized carbons (Fsp3) is 0.200. The molecule has 0 unspecified atom stereocenters. The number of nitrogens with two attached hydrogens (primary N) is 1. The van der Waals surface area contributed by atoms with E-state index in [0.717, 1.165) is 11.1 Å². The second kappa shape index (κ2) is 6.47. The van der Waals surface area contributed by atoms with Crippen molar-refractivity contribution in [1.82, 2.24) is 4.72 Å². The molecule has 0 amide bonds. The predicted molar refractivity (Wildman–Crippen MR) is 85.9 cm³/mol. The van der Waals surface area contributed by atoms with Crippen LogP contribution in [-0.4, -0.2) is 15.0 Å². The number of anilines is 1. The SMILES string of the molecule is Cc1cccc(CCNS(=O)(=O)c2ccc(Cl)c(N)c2)c1. The fourth-order valence-electron chi connectivity index (χ4n) is 1.97. The number of hydrogen-bond acceptors (Lipinski definition) is 3. The minimum atomic E-state index is -3.57. The third-order valence-electron chi connectivity index (χ3n) is 3.07. The number of nitrogens with one attached hydrogen (secondary N) is 1. The molecular weight excluding hydrogens is 308 g/mol. The van der Waals surface area contributed by atoms with E-state index >= 15 is 0 Å². The van der Waals surface area contributed by atoms with Crippen molar-refractivity contribution < 1.29 is 8.42 Å². The molecule has 2 aromatic carbocycles. The summed E-state index contributed by atoms with van der Waals surface area (Å²) in [4.78, 5) is 0.119. The Hall–Kier alpha value is -1.56. The largest absolute Gasteiger partial charge is 0.397 e. The van der Waals surface area contributed by atoms with Crippen LogP contribution in [0.4, 0.5) is 5.69 Å². The first kappa shape index (κ1) is 15.8. The van der Waals surface area contributed by atoms with Crippen LogP contribution in [0.15, 0.2) is 47.4 Å². The van der Waals surface area contributed by atoms with E-state index in [1.54, 1.807) is 0 Å². The van der Waals surface area contributed by atoms with Crippen molar-refractivity contribution in [2.75, 3.05) is 12.3 Å². The van der Waals surface area contributed by atoms with Crippen LogP contribution in [0.5, 0.6) is 0 Å². The molecule has 0 aliphatic carbocycles. The summed E-state index contributed by atoms with van der Waals surface area (Å²) < 4.78 is 26.8. The van der Waals surface area contributed by atoms with Gasteiger partial charge in [-0.05, 0) is 37.1 Å². The molecule has 112 valence electrons. The van der Waals surface area contributed by atoms with E-state index in [0.29, 0.717) is 18.0 Å². The van der Waals surface area contributed by atoms with Crippen LogP contribution in [0.3, 0.4) is 0 Å². The first-order chi connectivity index (χ1) is 9.88. The van der Waals surface area contributed by atoms with Gasteiger partial charge in [0.05, 0.1) is 15.6 Å². The summed E-state index contributed by atoms with van der Waals surface area (Å²) in [5, 5.41) is 0.341. The maximum absolute atomic E-state index is 12.1. The molecule has 0 aliphatic rings. The van der Waals surface area contributed by atoms with Crippen molar-refractivity contribution in [3.63, 3.8) is 0 Å². The van der Waals surface area contributed by atoms with Gasteiger partial charge in [0.1, 0.15) is 0 Å². The standard InChI is InChI=1S/C15H17ClN2O2S/c1-11-3-2-4-12(9-11)7-8-18-21(19,20)13-5-6-14(16)15(17)10-13/h2-6,9-10,18H,7-8,17H2,1H3. The van der Waals surface area contributed by atoms with Crippen LogP contribution in [-0.2, 0) is 16.4 Å². The van der Waals surface area contributed by atoms with E-state index in [1.165, 1.54) is 18.2 Å². The van der Waals surface area contributed by atoms with Gasteiger partial charge in [-0.3, -0.25) is 0 Å². The number of benzene rings is 2. The van der Waals surface area contributed by atoms with Gasteiger partial charge in [0.2, 0.25) is 10.0 Å². The zero-order valence-electron chi connectivity index (χ0n) is 11.6. The average Bonchev–Trinajstić information content (AvgIpc) is 2.41. The van der Waals surface area contributed by atoms with Crippen LogP contribution < -0.4 is 10.5 Å². The minimum absolute atomic E-state index is 0.119. The first-order valence-corrected chi connectivity index (χ1v) is 8.35. The van der Waals surface area contributed by atoms with Crippen molar-refractivity contribution >= 4 is 27.3 Å². The summed E-state index contributed by atoms with van der Waals surface area (Å²) >= 11 is 5.79. The molecule has 0 bridgehead atoms. The molecule has 0 spiro atoms. The highest BCUT2D eigenvalue weighted by Gasteiger charge is 2.14. The third kappa shape index (κ3) is 4.20. The lowest BCUT2D eigenvalue weighted by Crippen LogP contribution is -2.26. The number of hydrogen-bond donors (Lipinski definition) is 2. The molecule has 0 saturated heterocycles. The molecule has 0 radical (unpaired) electrons. The number of sulfonamides is 1. The average molecular weight is 325 g/mol. The predicted octanol–water partition coefficient (Wildman–Crippen LogP) is 2.75. The van der Waals surface area contributed by atoms with Gasteiger partial charge in [0.25, 0.3) is 0 Å². The van der Waals surface area contributed by atoms with E-state index in [-0.39, 0.29) is 10.6 Å². The molecule has 0 atom stereocenters.